The van der Waals surface area contributed by atoms with Crippen molar-refractivity contribution in [2.75, 3.05) is 11.6 Å². The van der Waals surface area contributed by atoms with Crippen molar-refractivity contribution in [1.82, 2.24) is 4.90 Å². The Hall–Kier alpha value is -2.63. The van der Waals surface area contributed by atoms with Gasteiger partial charge in [0.05, 0.1) is 22.4 Å². The van der Waals surface area contributed by atoms with E-state index in [9.17, 15) is 14.4 Å². The fourth-order valence-corrected chi connectivity index (χ4v) is 6.31. The van der Waals surface area contributed by atoms with Crippen LogP contribution in [0, 0.1) is 35.5 Å². The van der Waals surface area contributed by atoms with Crippen molar-refractivity contribution in [2.45, 2.75) is 6.42 Å². The highest BCUT2D eigenvalue weighted by atomic mass is 35.5. The van der Waals surface area contributed by atoms with Crippen LogP contribution in [0.25, 0.3) is 0 Å². The van der Waals surface area contributed by atoms with Crippen LogP contribution in [0.3, 0.4) is 0 Å². The van der Waals surface area contributed by atoms with Crippen molar-refractivity contribution in [1.29, 1.82) is 0 Å². The van der Waals surface area contributed by atoms with E-state index in [1.807, 2.05) is 0 Å². The summed E-state index contributed by atoms with van der Waals surface area (Å²) in [6, 6.07) is 13.5. The second kappa shape index (κ2) is 7.19. The maximum Gasteiger partial charge on any atom is 0.261 e. The summed E-state index contributed by atoms with van der Waals surface area (Å²) >= 11 is 12.3. The monoisotopic (exact) mass is 466 g/mol. The van der Waals surface area contributed by atoms with E-state index < -0.39 is 0 Å². The highest BCUT2D eigenvalue weighted by Gasteiger charge is 2.67. The van der Waals surface area contributed by atoms with Gasteiger partial charge in [-0.05, 0) is 66.5 Å². The van der Waals surface area contributed by atoms with E-state index in [-0.39, 0.29) is 48.1 Å². The summed E-state index contributed by atoms with van der Waals surface area (Å²) in [5.74, 6) is 0.00982. The van der Waals surface area contributed by atoms with Gasteiger partial charge in [0.15, 0.2) is 0 Å². The highest BCUT2D eigenvalue weighted by Crippen LogP contribution is 2.65. The zero-order chi connectivity index (χ0) is 22.1. The van der Waals surface area contributed by atoms with E-state index in [0.717, 1.165) is 6.42 Å². The third-order valence-electron chi connectivity index (χ3n) is 7.52. The molecule has 0 aromatic heterocycles. The van der Waals surface area contributed by atoms with Crippen LogP contribution in [0.5, 0.6) is 0 Å². The summed E-state index contributed by atoms with van der Waals surface area (Å²) in [6.45, 7) is -0.148. The highest BCUT2D eigenvalue weighted by molar-refractivity contribution is 6.34. The molecule has 6 unspecified atom stereocenters. The lowest BCUT2D eigenvalue weighted by atomic mass is 9.63. The molecule has 162 valence electrons. The Morgan fingerprint density at radius 3 is 2.09 bits per heavy atom. The number of carbonyl (C=O) groups excluding carboxylic acids is 3. The van der Waals surface area contributed by atoms with Gasteiger partial charge in [-0.15, -0.1) is 0 Å². The number of nitrogens with zero attached hydrogens (tertiary/aromatic N) is 2. The first kappa shape index (κ1) is 20.0. The van der Waals surface area contributed by atoms with Crippen LogP contribution >= 0.6 is 23.2 Å². The van der Waals surface area contributed by atoms with E-state index in [2.05, 4.69) is 12.2 Å². The number of benzene rings is 2. The molecule has 5 nitrogen and oxygen atoms in total. The van der Waals surface area contributed by atoms with E-state index in [1.54, 1.807) is 48.5 Å². The number of imide groups is 1. The Kier molecular flexibility index (Phi) is 4.50. The summed E-state index contributed by atoms with van der Waals surface area (Å²) in [4.78, 5) is 43.1. The van der Waals surface area contributed by atoms with Gasteiger partial charge in [0.2, 0.25) is 11.8 Å². The molecule has 2 bridgehead atoms. The van der Waals surface area contributed by atoms with Gasteiger partial charge in [-0.3, -0.25) is 24.2 Å². The standard InChI is InChI=1S/C25H20Cl2N2O3/c26-13-5-7-14(8-6-13)28(23(30)17-3-1-2-4-20(17)27)12-29-24(31)21-15-9-10-16(19-11-18(15)19)22(21)25(29)32/h1-10,15-16,18-19,21-22H,11-12H2. The summed E-state index contributed by atoms with van der Waals surface area (Å²) in [5.41, 5.74) is 0.849. The number of anilines is 1. The van der Waals surface area contributed by atoms with Gasteiger partial charge >= 0.3 is 0 Å². The smallest absolute Gasteiger partial charge is 0.261 e. The second-order valence-corrected chi connectivity index (χ2v) is 9.93. The molecule has 5 aliphatic rings. The van der Waals surface area contributed by atoms with E-state index in [0.29, 0.717) is 33.1 Å². The number of hydrogen-bond acceptors (Lipinski definition) is 3. The van der Waals surface area contributed by atoms with Crippen LogP contribution in [-0.4, -0.2) is 29.3 Å². The van der Waals surface area contributed by atoms with Crippen LogP contribution in [0.15, 0.2) is 60.7 Å². The van der Waals surface area contributed by atoms with Crippen molar-refractivity contribution in [3.05, 3.63) is 76.3 Å². The van der Waals surface area contributed by atoms with E-state index in [4.69, 9.17) is 23.2 Å². The zero-order valence-electron chi connectivity index (χ0n) is 17.0. The van der Waals surface area contributed by atoms with Gasteiger partial charge in [-0.1, -0.05) is 47.5 Å². The predicted molar refractivity (Wildman–Crippen MR) is 121 cm³/mol. The number of halogens is 2. The first-order chi connectivity index (χ1) is 15.5. The number of hydrogen-bond donors (Lipinski definition) is 0. The van der Waals surface area contributed by atoms with Gasteiger partial charge in [-0.2, -0.15) is 0 Å². The van der Waals surface area contributed by atoms with Crippen molar-refractivity contribution >= 4 is 46.6 Å². The van der Waals surface area contributed by atoms with Gasteiger partial charge in [0.25, 0.3) is 5.91 Å². The Bertz CT molecular complexity index is 1140. The van der Waals surface area contributed by atoms with Crippen molar-refractivity contribution in [3.8, 4) is 0 Å². The molecule has 4 aliphatic carbocycles. The van der Waals surface area contributed by atoms with Crippen molar-refractivity contribution in [3.63, 3.8) is 0 Å². The molecule has 1 saturated heterocycles. The SMILES string of the molecule is O=C1C2C3C=CC(C4CC34)C2C(=O)N1CN(C(=O)c1ccccc1Cl)c1ccc(Cl)cc1. The minimum Gasteiger partial charge on any atom is -0.290 e. The molecule has 2 saturated carbocycles. The molecule has 2 aromatic carbocycles. The zero-order valence-corrected chi connectivity index (χ0v) is 18.5. The molecule has 6 atom stereocenters. The summed E-state index contributed by atoms with van der Waals surface area (Å²) in [6.07, 6.45) is 5.39. The molecular formula is C25H20Cl2N2O3. The number of allylic oxidation sites excluding steroid dienone is 2. The summed E-state index contributed by atoms with van der Waals surface area (Å²) in [5, 5.41) is 0.839. The molecule has 0 spiro atoms. The Balaban J connectivity index is 1.35. The van der Waals surface area contributed by atoms with Gasteiger partial charge in [-0.25, -0.2) is 0 Å². The minimum absolute atomic E-state index is 0.139. The molecule has 7 rings (SSSR count). The Morgan fingerprint density at radius 1 is 0.906 bits per heavy atom. The van der Waals surface area contributed by atoms with E-state index >= 15 is 0 Å². The number of likely N-dealkylation sites (tertiary alicyclic amines) is 1. The van der Waals surface area contributed by atoms with Gasteiger partial charge < -0.3 is 0 Å². The number of carbonyl (C=O) groups is 3. The molecule has 0 radical (unpaired) electrons. The lowest BCUT2D eigenvalue weighted by Gasteiger charge is -2.37. The second-order valence-electron chi connectivity index (χ2n) is 9.09. The van der Waals surface area contributed by atoms with Crippen LogP contribution in [-0.2, 0) is 9.59 Å². The first-order valence-corrected chi connectivity index (χ1v) is 11.6. The number of rotatable bonds is 4. The molecule has 7 heteroatoms. The molecule has 1 heterocycles. The van der Waals surface area contributed by atoms with Crippen LogP contribution in [0.2, 0.25) is 10.0 Å². The van der Waals surface area contributed by atoms with Crippen molar-refractivity contribution in [2.24, 2.45) is 35.5 Å². The fraction of sp³-hybridized carbons (Fsp3) is 0.320. The maximum absolute atomic E-state index is 13.5. The molecule has 2 aromatic rings. The predicted octanol–water partition coefficient (Wildman–Crippen LogP) is 4.65. The molecule has 0 N–H and O–H groups in total. The molecule has 1 aliphatic heterocycles. The average Bonchev–Trinajstić information content (AvgIpc) is 3.58. The fourth-order valence-electron chi connectivity index (χ4n) is 5.96. The molecular weight excluding hydrogens is 447 g/mol. The van der Waals surface area contributed by atoms with Crippen LogP contribution < -0.4 is 4.90 Å². The molecule has 3 amide bonds. The first-order valence-electron chi connectivity index (χ1n) is 10.8. The molecule has 3 fully saturated rings. The van der Waals surface area contributed by atoms with Gasteiger partial charge in [0.1, 0.15) is 6.67 Å². The van der Waals surface area contributed by atoms with Crippen LogP contribution in [0.1, 0.15) is 16.8 Å². The average molecular weight is 467 g/mol. The molecule has 32 heavy (non-hydrogen) atoms. The van der Waals surface area contributed by atoms with Gasteiger partial charge in [0, 0.05) is 10.7 Å². The lowest BCUT2D eigenvalue weighted by molar-refractivity contribution is -0.140. The lowest BCUT2D eigenvalue weighted by Crippen LogP contribution is -2.45. The van der Waals surface area contributed by atoms with Crippen LogP contribution in [0.4, 0.5) is 5.69 Å². The number of amides is 3. The van der Waals surface area contributed by atoms with E-state index in [1.165, 1.54) is 9.80 Å². The van der Waals surface area contributed by atoms with Crippen molar-refractivity contribution < 1.29 is 14.4 Å². The normalized spacial score (nSPS) is 31.5. The third-order valence-corrected chi connectivity index (χ3v) is 8.11. The maximum atomic E-state index is 13.5. The minimum atomic E-state index is -0.377. The summed E-state index contributed by atoms with van der Waals surface area (Å²) < 4.78 is 0. The quantitative estimate of drug-likeness (QED) is 0.486. The Labute approximate surface area is 195 Å². The summed E-state index contributed by atoms with van der Waals surface area (Å²) in [7, 11) is 0. The topological polar surface area (TPSA) is 57.7 Å². The Morgan fingerprint density at radius 2 is 1.50 bits per heavy atom. The third kappa shape index (κ3) is 2.87. The largest absolute Gasteiger partial charge is 0.290 e.